The number of carboxylic acids is 2. The van der Waals surface area contributed by atoms with Gasteiger partial charge in [0.2, 0.25) is 5.91 Å². The Labute approximate surface area is 257 Å². The maximum atomic E-state index is 13.8. The van der Waals surface area contributed by atoms with E-state index in [1.807, 2.05) is 34.9 Å². The molecule has 0 aromatic carbocycles. The smallest absolute Gasteiger partial charge is 0.475 e. The predicted molar refractivity (Wildman–Crippen MR) is 147 cm³/mol. The molecule has 1 amide bonds. The van der Waals surface area contributed by atoms with Gasteiger partial charge in [0.05, 0.1) is 24.0 Å². The van der Waals surface area contributed by atoms with Crippen LogP contribution in [-0.4, -0.2) is 89.4 Å². The van der Waals surface area contributed by atoms with E-state index in [1.165, 1.54) is 0 Å². The number of carbonyl (C=O) groups is 3. The van der Waals surface area contributed by atoms with Gasteiger partial charge in [-0.3, -0.25) is 14.7 Å². The van der Waals surface area contributed by atoms with Crippen molar-refractivity contribution in [3.05, 3.63) is 64.9 Å². The first-order valence-corrected chi connectivity index (χ1v) is 14.2. The quantitative estimate of drug-likeness (QED) is 0.362. The van der Waals surface area contributed by atoms with Gasteiger partial charge in [-0.1, -0.05) is 0 Å². The topological polar surface area (TPSA) is 142 Å². The minimum atomic E-state index is -5.08. The largest absolute Gasteiger partial charge is 0.490 e. The fraction of sp³-hybridized carbons (Fsp3) is 0.481. The van der Waals surface area contributed by atoms with Crippen molar-refractivity contribution in [1.82, 2.24) is 29.3 Å². The van der Waals surface area contributed by atoms with E-state index in [2.05, 4.69) is 39.5 Å². The van der Waals surface area contributed by atoms with E-state index in [0.29, 0.717) is 12.6 Å². The molecule has 0 radical (unpaired) electrons. The first-order chi connectivity index (χ1) is 20.9. The number of likely N-dealkylation sites (tertiary alicyclic amines) is 2. The van der Waals surface area contributed by atoms with Crippen LogP contribution in [0, 0.1) is 5.41 Å². The molecule has 2 saturated heterocycles. The lowest BCUT2D eigenvalue weighted by atomic mass is 9.75. The molecule has 3 aromatic rings. The van der Waals surface area contributed by atoms with Crippen molar-refractivity contribution >= 4 is 29.2 Å². The number of aliphatic carboxylic acids is 2. The normalized spacial score (nSPS) is 20.2. The minimum Gasteiger partial charge on any atom is -0.475 e. The van der Waals surface area contributed by atoms with E-state index in [4.69, 9.17) is 24.8 Å². The lowest BCUT2D eigenvalue weighted by Crippen LogP contribution is -2.39. The number of rotatable bonds is 6. The van der Waals surface area contributed by atoms with Crippen LogP contribution in [0.3, 0.4) is 0 Å². The van der Waals surface area contributed by atoms with Gasteiger partial charge in [-0.05, 0) is 38.0 Å². The molecular formula is C27H30F6N6O5S. The lowest BCUT2D eigenvalue weighted by molar-refractivity contribution is -0.193. The monoisotopic (exact) mass is 664 g/mol. The highest BCUT2D eigenvalue weighted by molar-refractivity contribution is 7.09. The number of amides is 1. The van der Waals surface area contributed by atoms with Crippen molar-refractivity contribution in [2.24, 2.45) is 5.41 Å². The van der Waals surface area contributed by atoms with Gasteiger partial charge >= 0.3 is 24.3 Å². The number of halogens is 6. The van der Waals surface area contributed by atoms with Crippen molar-refractivity contribution in [2.75, 3.05) is 19.6 Å². The van der Waals surface area contributed by atoms with Gasteiger partial charge in [0.25, 0.3) is 0 Å². The van der Waals surface area contributed by atoms with Crippen molar-refractivity contribution in [3.8, 4) is 0 Å². The average Bonchev–Trinajstić information content (AvgIpc) is 3.75. The highest BCUT2D eigenvalue weighted by Gasteiger charge is 2.57. The third-order valence-corrected chi connectivity index (χ3v) is 7.94. The summed E-state index contributed by atoms with van der Waals surface area (Å²) in [5, 5.41) is 17.4. The molecule has 0 aliphatic carbocycles. The minimum absolute atomic E-state index is 0.0994. The highest BCUT2D eigenvalue weighted by Crippen LogP contribution is 2.50. The summed E-state index contributed by atoms with van der Waals surface area (Å²) in [6, 6.07) is 4.33. The molecule has 2 aliphatic heterocycles. The molecule has 2 fully saturated rings. The summed E-state index contributed by atoms with van der Waals surface area (Å²) in [5.41, 5.74) is 1.74. The predicted octanol–water partition coefficient (Wildman–Crippen LogP) is 4.60. The first kappa shape index (κ1) is 35.4. The summed E-state index contributed by atoms with van der Waals surface area (Å²) < 4.78 is 65.6. The number of pyridine rings is 1. The van der Waals surface area contributed by atoms with Gasteiger partial charge in [-0.2, -0.15) is 26.3 Å². The number of imidazole rings is 1. The molecule has 11 nitrogen and oxygen atoms in total. The Morgan fingerprint density at radius 1 is 1.02 bits per heavy atom. The Balaban J connectivity index is 0.000000331. The van der Waals surface area contributed by atoms with Gasteiger partial charge in [-0.25, -0.2) is 19.6 Å². The van der Waals surface area contributed by atoms with Gasteiger partial charge in [0.1, 0.15) is 5.01 Å². The van der Waals surface area contributed by atoms with Gasteiger partial charge in [-0.15, -0.1) is 11.3 Å². The maximum Gasteiger partial charge on any atom is 0.490 e. The molecule has 2 atom stereocenters. The molecule has 5 rings (SSSR count). The van der Waals surface area contributed by atoms with Crippen molar-refractivity contribution in [2.45, 2.75) is 57.7 Å². The van der Waals surface area contributed by atoms with Crippen LogP contribution in [0.15, 0.2) is 48.6 Å². The number of nitrogens with zero attached hydrogens (tertiary/aromatic N) is 6. The number of hydrogen-bond acceptors (Lipinski definition) is 8. The SMILES string of the molecule is CC(C)n1cnc(C2CN(Cc3nccs3)CC23CCN(Cc2ccncc2)C3=O)c1.O=C(O)C(F)(F)F.O=C(O)C(F)(F)F. The maximum absolute atomic E-state index is 13.8. The van der Waals surface area contributed by atoms with Crippen LogP contribution in [0.5, 0.6) is 0 Å². The zero-order valence-corrected chi connectivity index (χ0v) is 24.8. The third kappa shape index (κ3) is 9.23. The zero-order chi connectivity index (χ0) is 33.6. The average molecular weight is 665 g/mol. The van der Waals surface area contributed by atoms with Gasteiger partial charge < -0.3 is 19.7 Å². The fourth-order valence-corrected chi connectivity index (χ4v) is 5.69. The summed E-state index contributed by atoms with van der Waals surface area (Å²) in [6.45, 7) is 8.12. The number of hydrogen-bond donors (Lipinski definition) is 2. The Bertz CT molecular complexity index is 1410. The van der Waals surface area contributed by atoms with Crippen molar-refractivity contribution in [1.29, 1.82) is 0 Å². The van der Waals surface area contributed by atoms with Crippen LogP contribution in [0.1, 0.15) is 48.5 Å². The van der Waals surface area contributed by atoms with Crippen LogP contribution in [0.25, 0.3) is 0 Å². The molecular weight excluding hydrogens is 634 g/mol. The van der Waals surface area contributed by atoms with E-state index < -0.39 is 29.7 Å². The van der Waals surface area contributed by atoms with Crippen LogP contribution in [-0.2, 0) is 27.5 Å². The molecule has 0 saturated carbocycles. The first-order valence-electron chi connectivity index (χ1n) is 13.4. The highest BCUT2D eigenvalue weighted by atomic mass is 32.1. The second-order valence-electron chi connectivity index (χ2n) is 10.6. The molecule has 2 N–H and O–H groups in total. The van der Waals surface area contributed by atoms with Crippen LogP contribution in [0.2, 0.25) is 0 Å². The fourth-order valence-electron chi connectivity index (χ4n) is 5.03. The van der Waals surface area contributed by atoms with Gasteiger partial charge in [0, 0.05) is 68.3 Å². The molecule has 2 unspecified atom stereocenters. The number of carbonyl (C=O) groups excluding carboxylic acids is 1. The Kier molecular flexibility index (Phi) is 11.3. The molecule has 1 spiro atoms. The number of carboxylic acid groups (broad SMARTS) is 2. The zero-order valence-electron chi connectivity index (χ0n) is 24.0. The van der Waals surface area contributed by atoms with Crippen molar-refractivity contribution in [3.63, 3.8) is 0 Å². The molecule has 0 bridgehead atoms. The summed E-state index contributed by atoms with van der Waals surface area (Å²) in [4.78, 5) is 49.4. The van der Waals surface area contributed by atoms with Gasteiger partial charge in [0.15, 0.2) is 0 Å². The summed E-state index contributed by atoms with van der Waals surface area (Å²) in [5.74, 6) is -5.16. The number of alkyl halides is 6. The second-order valence-corrected chi connectivity index (χ2v) is 11.6. The lowest BCUT2D eigenvalue weighted by Gasteiger charge is -2.28. The van der Waals surface area contributed by atoms with E-state index in [9.17, 15) is 31.1 Å². The Morgan fingerprint density at radius 2 is 1.62 bits per heavy atom. The van der Waals surface area contributed by atoms with E-state index >= 15 is 0 Å². The van der Waals surface area contributed by atoms with E-state index in [0.717, 1.165) is 48.9 Å². The molecule has 3 aromatic heterocycles. The number of aromatic nitrogens is 4. The van der Waals surface area contributed by atoms with Crippen LogP contribution >= 0.6 is 11.3 Å². The summed E-state index contributed by atoms with van der Waals surface area (Å²) >= 11 is 1.68. The van der Waals surface area contributed by atoms with E-state index in [1.54, 1.807) is 23.7 Å². The Morgan fingerprint density at radius 3 is 2.11 bits per heavy atom. The van der Waals surface area contributed by atoms with Crippen molar-refractivity contribution < 1.29 is 50.9 Å². The van der Waals surface area contributed by atoms with Crippen LogP contribution in [0.4, 0.5) is 26.3 Å². The molecule has 45 heavy (non-hydrogen) atoms. The second kappa shape index (κ2) is 14.4. The Hall–Kier alpha value is -4.06. The van der Waals surface area contributed by atoms with Crippen LogP contribution < -0.4 is 0 Å². The summed E-state index contributed by atoms with van der Waals surface area (Å²) in [7, 11) is 0. The molecule has 18 heteroatoms. The molecule has 246 valence electrons. The molecule has 2 aliphatic rings. The molecule has 5 heterocycles. The summed E-state index contributed by atoms with van der Waals surface area (Å²) in [6.07, 6.45) is 0.181. The third-order valence-electron chi connectivity index (χ3n) is 7.18. The standard InChI is InChI=1S/C23H28N6OS.2C2HF3O2/c1-17(2)29-13-20(26-16-29)19-12-27(14-21-25-8-10-31-21)15-23(19)5-9-28(22(23)30)11-18-3-6-24-7-4-18;2*3-2(4,5)1(6)7/h3-4,6-8,10,13,16-17,19H,5,9,11-12,14-15H2,1-2H3;2*(H,6,7). The van der Waals surface area contributed by atoms with E-state index in [-0.39, 0.29) is 11.8 Å². The number of thiazole rings is 1.